The van der Waals surface area contributed by atoms with E-state index in [4.69, 9.17) is 4.74 Å². The number of nitrogens with zero attached hydrogens (tertiary/aromatic N) is 1. The summed E-state index contributed by atoms with van der Waals surface area (Å²) >= 11 is 0. The van der Waals surface area contributed by atoms with Crippen molar-refractivity contribution in [3.8, 4) is 0 Å². The van der Waals surface area contributed by atoms with Gasteiger partial charge in [0.05, 0.1) is 18.9 Å². The third-order valence-corrected chi connectivity index (χ3v) is 3.07. The molecule has 1 fully saturated rings. The molecule has 0 aliphatic carbocycles. The van der Waals surface area contributed by atoms with Gasteiger partial charge in [-0.25, -0.2) is 4.39 Å². The molecule has 116 valence electrons. The van der Waals surface area contributed by atoms with Gasteiger partial charge in [0, 0.05) is 19.6 Å². The smallest absolute Gasteiger partial charge is 0.378 e. The van der Waals surface area contributed by atoms with Crippen molar-refractivity contribution >= 4 is 11.6 Å². The summed E-state index contributed by atoms with van der Waals surface area (Å²) in [6, 6.07) is 4.11. The average molecular weight is 306 g/mol. The molecule has 21 heavy (non-hydrogen) atoms. The summed E-state index contributed by atoms with van der Waals surface area (Å²) < 4.78 is 55.2. The number of halogens is 4. The van der Waals surface area contributed by atoms with E-state index in [0.29, 0.717) is 32.0 Å². The minimum absolute atomic E-state index is 0.266. The van der Waals surface area contributed by atoms with Crippen LogP contribution in [0.25, 0.3) is 0 Å². The van der Waals surface area contributed by atoms with Gasteiger partial charge in [-0.05, 0) is 17.7 Å². The fraction of sp³-hybridized carbons (Fsp3) is 0.462. The molecule has 8 heteroatoms. The van der Waals surface area contributed by atoms with Crippen molar-refractivity contribution in [2.24, 2.45) is 0 Å². The van der Waals surface area contributed by atoms with Crippen molar-refractivity contribution in [1.29, 1.82) is 0 Å². The molecule has 1 aromatic rings. The highest BCUT2D eigenvalue weighted by molar-refractivity contribution is 5.81. The number of benzene rings is 1. The molecule has 0 unspecified atom stereocenters. The zero-order chi connectivity index (χ0) is 15.5. The van der Waals surface area contributed by atoms with Crippen LogP contribution in [-0.2, 0) is 16.1 Å². The summed E-state index contributed by atoms with van der Waals surface area (Å²) in [5.74, 6) is -2.57. The summed E-state index contributed by atoms with van der Waals surface area (Å²) in [5, 5.41) is 1.70. The van der Waals surface area contributed by atoms with Crippen LogP contribution in [0.1, 0.15) is 5.56 Å². The number of amides is 1. The van der Waals surface area contributed by atoms with Crippen LogP contribution in [0.2, 0.25) is 0 Å². The maximum Gasteiger partial charge on any atom is 0.471 e. The molecule has 1 heterocycles. The predicted molar refractivity (Wildman–Crippen MR) is 67.3 cm³/mol. The van der Waals surface area contributed by atoms with Gasteiger partial charge in [-0.15, -0.1) is 0 Å². The lowest BCUT2D eigenvalue weighted by Gasteiger charge is -2.29. The Hall–Kier alpha value is -1.83. The molecule has 0 saturated carbocycles. The Labute approximate surface area is 118 Å². The molecule has 1 N–H and O–H groups in total. The van der Waals surface area contributed by atoms with Gasteiger partial charge >= 0.3 is 12.1 Å². The SMILES string of the molecule is O=C(NCc1ccc(N2CCOCC2)c(F)c1)C(F)(F)F. The number of hydrogen-bond donors (Lipinski definition) is 1. The second kappa shape index (κ2) is 6.30. The van der Waals surface area contributed by atoms with Crippen LogP contribution in [0, 0.1) is 5.82 Å². The Kier molecular flexibility index (Phi) is 4.66. The van der Waals surface area contributed by atoms with E-state index in [2.05, 4.69) is 0 Å². The van der Waals surface area contributed by atoms with Crippen LogP contribution in [0.5, 0.6) is 0 Å². The minimum Gasteiger partial charge on any atom is -0.378 e. The molecule has 1 aliphatic heterocycles. The number of hydrogen-bond acceptors (Lipinski definition) is 3. The molecule has 1 saturated heterocycles. The number of ether oxygens (including phenoxy) is 1. The van der Waals surface area contributed by atoms with Crippen molar-refractivity contribution in [3.63, 3.8) is 0 Å². The maximum absolute atomic E-state index is 14.0. The Morgan fingerprint density at radius 3 is 2.52 bits per heavy atom. The van der Waals surface area contributed by atoms with E-state index < -0.39 is 17.9 Å². The number of carbonyl (C=O) groups is 1. The van der Waals surface area contributed by atoms with Crippen LogP contribution < -0.4 is 10.2 Å². The Morgan fingerprint density at radius 2 is 1.95 bits per heavy atom. The fourth-order valence-corrected chi connectivity index (χ4v) is 2.00. The monoisotopic (exact) mass is 306 g/mol. The first kappa shape index (κ1) is 15.6. The molecule has 1 aliphatic rings. The third-order valence-electron chi connectivity index (χ3n) is 3.07. The number of alkyl halides is 3. The zero-order valence-electron chi connectivity index (χ0n) is 11.0. The lowest BCUT2D eigenvalue weighted by atomic mass is 10.1. The van der Waals surface area contributed by atoms with E-state index in [1.54, 1.807) is 10.2 Å². The van der Waals surface area contributed by atoms with Gasteiger partial charge in [-0.3, -0.25) is 4.79 Å². The van der Waals surface area contributed by atoms with Crippen LogP contribution in [0.4, 0.5) is 23.2 Å². The van der Waals surface area contributed by atoms with Crippen LogP contribution >= 0.6 is 0 Å². The number of anilines is 1. The number of rotatable bonds is 3. The topological polar surface area (TPSA) is 41.6 Å². The molecule has 0 spiro atoms. The summed E-state index contributed by atoms with van der Waals surface area (Å²) in [4.78, 5) is 12.5. The molecular formula is C13H14F4N2O2. The molecule has 0 aromatic heterocycles. The predicted octanol–water partition coefficient (Wildman–Crippen LogP) is 1.84. The van der Waals surface area contributed by atoms with Gasteiger partial charge in [0.25, 0.3) is 0 Å². The van der Waals surface area contributed by atoms with Crippen LogP contribution in [0.3, 0.4) is 0 Å². The molecule has 2 rings (SSSR count). The Bertz CT molecular complexity index is 513. The minimum atomic E-state index is -4.94. The summed E-state index contributed by atoms with van der Waals surface area (Å²) in [7, 11) is 0. The molecule has 1 amide bonds. The highest BCUT2D eigenvalue weighted by atomic mass is 19.4. The molecule has 1 aromatic carbocycles. The first-order valence-electron chi connectivity index (χ1n) is 6.34. The van der Waals surface area contributed by atoms with E-state index in [9.17, 15) is 22.4 Å². The molecule has 0 radical (unpaired) electrons. The Morgan fingerprint density at radius 1 is 1.29 bits per heavy atom. The van der Waals surface area contributed by atoms with Gasteiger partial charge in [-0.2, -0.15) is 13.2 Å². The normalized spacial score (nSPS) is 15.9. The molecule has 0 atom stereocenters. The van der Waals surface area contributed by atoms with E-state index in [0.717, 1.165) is 6.07 Å². The van der Waals surface area contributed by atoms with Gasteiger partial charge in [0.15, 0.2) is 0 Å². The highest BCUT2D eigenvalue weighted by Crippen LogP contribution is 2.22. The summed E-state index contributed by atoms with van der Waals surface area (Å²) in [6.45, 7) is 1.74. The van der Waals surface area contributed by atoms with Crippen molar-refractivity contribution in [2.75, 3.05) is 31.2 Å². The van der Waals surface area contributed by atoms with Gasteiger partial charge < -0.3 is 15.0 Å². The van der Waals surface area contributed by atoms with Crippen LogP contribution in [-0.4, -0.2) is 38.4 Å². The quantitative estimate of drug-likeness (QED) is 0.867. The van der Waals surface area contributed by atoms with Crippen LogP contribution in [0.15, 0.2) is 18.2 Å². The summed E-state index contributed by atoms with van der Waals surface area (Å²) in [6.07, 6.45) is -4.94. The van der Waals surface area contributed by atoms with Crippen molar-refractivity contribution < 1.29 is 27.1 Å². The second-order valence-electron chi connectivity index (χ2n) is 4.57. The highest BCUT2D eigenvalue weighted by Gasteiger charge is 2.38. The third kappa shape index (κ3) is 4.07. The number of morpholine rings is 1. The lowest BCUT2D eigenvalue weighted by Crippen LogP contribution is -2.37. The maximum atomic E-state index is 14.0. The molecule has 0 bridgehead atoms. The lowest BCUT2D eigenvalue weighted by molar-refractivity contribution is -0.173. The zero-order valence-corrected chi connectivity index (χ0v) is 11.0. The number of nitrogens with one attached hydrogen (secondary N) is 1. The number of carbonyl (C=O) groups excluding carboxylic acids is 1. The first-order chi connectivity index (χ1) is 9.88. The van der Waals surface area contributed by atoms with Gasteiger partial charge in [0.2, 0.25) is 0 Å². The average Bonchev–Trinajstić information content (AvgIpc) is 2.44. The van der Waals surface area contributed by atoms with E-state index in [1.807, 2.05) is 0 Å². The first-order valence-corrected chi connectivity index (χ1v) is 6.34. The standard InChI is InChI=1S/C13H14F4N2O2/c14-10-7-9(8-18-12(20)13(15,16)17)1-2-11(10)19-3-5-21-6-4-19/h1-2,7H,3-6,8H2,(H,18,20). The van der Waals surface area contributed by atoms with Crippen molar-refractivity contribution in [3.05, 3.63) is 29.6 Å². The van der Waals surface area contributed by atoms with E-state index in [1.165, 1.54) is 12.1 Å². The fourth-order valence-electron chi connectivity index (χ4n) is 2.00. The summed E-state index contributed by atoms with van der Waals surface area (Å²) in [5.41, 5.74) is 0.645. The largest absolute Gasteiger partial charge is 0.471 e. The van der Waals surface area contributed by atoms with Crippen molar-refractivity contribution in [1.82, 2.24) is 5.32 Å². The molecule has 4 nitrogen and oxygen atoms in total. The van der Waals surface area contributed by atoms with Crippen molar-refractivity contribution in [2.45, 2.75) is 12.7 Å². The van der Waals surface area contributed by atoms with Gasteiger partial charge in [0.1, 0.15) is 5.82 Å². The Balaban J connectivity index is 2.00. The van der Waals surface area contributed by atoms with E-state index in [-0.39, 0.29) is 12.1 Å². The second-order valence-corrected chi connectivity index (χ2v) is 4.57. The van der Waals surface area contributed by atoms with Gasteiger partial charge in [-0.1, -0.05) is 6.07 Å². The molecular weight excluding hydrogens is 292 g/mol. The van der Waals surface area contributed by atoms with E-state index >= 15 is 0 Å².